The second-order valence-electron chi connectivity index (χ2n) is 2.11. The maximum absolute atomic E-state index is 8.98. The molecule has 68 valence electrons. The molecule has 5 heteroatoms. The Labute approximate surface area is 67.1 Å². The number of hydrogen-bond donors (Lipinski definition) is 4. The van der Waals surface area contributed by atoms with Gasteiger partial charge in [-0.25, -0.2) is 0 Å². The Bertz CT molecular complexity index is 91.9. The van der Waals surface area contributed by atoms with E-state index < -0.39 is 6.41 Å². The second-order valence-corrected chi connectivity index (χ2v) is 2.11. The molecule has 0 bridgehead atoms. The van der Waals surface area contributed by atoms with Crippen LogP contribution in [0.25, 0.3) is 0 Å². The van der Waals surface area contributed by atoms with Gasteiger partial charge in [0.25, 0.3) is 0 Å². The van der Waals surface area contributed by atoms with E-state index in [1.165, 1.54) is 0 Å². The molecule has 0 saturated carbocycles. The molecule has 0 fully saturated rings. The third-order valence-corrected chi connectivity index (χ3v) is 1.25. The largest absolute Gasteiger partial charge is 0.356 e. The van der Waals surface area contributed by atoms with Crippen molar-refractivity contribution in [3.05, 3.63) is 0 Å². The zero-order valence-electron chi connectivity index (χ0n) is 7.22. The number of hydrogen-bond acceptors (Lipinski definition) is 5. The molecule has 0 aromatic rings. The summed E-state index contributed by atoms with van der Waals surface area (Å²) in [4.78, 5) is 0. The first-order chi connectivity index (χ1) is 5.24. The van der Waals surface area contributed by atoms with E-state index >= 15 is 0 Å². The van der Waals surface area contributed by atoms with Crippen molar-refractivity contribution < 1.29 is 9.84 Å². The first-order valence-corrected chi connectivity index (χ1v) is 3.57. The molecule has 2 atom stereocenters. The first kappa shape index (κ1) is 10.8. The maximum Gasteiger partial charge on any atom is 0.214 e. The standard InChI is InChI=1S/C6H17N3O2/c1-7-4-5(8-2)11-6(10)9-3/h5-10H,4H2,1-3H3. The zero-order chi connectivity index (χ0) is 8.69. The van der Waals surface area contributed by atoms with E-state index in [0.29, 0.717) is 6.54 Å². The van der Waals surface area contributed by atoms with Crippen LogP contribution in [0.5, 0.6) is 0 Å². The van der Waals surface area contributed by atoms with E-state index in [-0.39, 0.29) is 6.23 Å². The molecule has 0 heterocycles. The molecular weight excluding hydrogens is 146 g/mol. The Hall–Kier alpha value is -0.200. The van der Waals surface area contributed by atoms with Crippen LogP contribution in [0.1, 0.15) is 0 Å². The van der Waals surface area contributed by atoms with Gasteiger partial charge in [-0.3, -0.25) is 10.6 Å². The number of aliphatic hydroxyl groups excluding tert-OH is 1. The normalized spacial score (nSPS) is 16.4. The summed E-state index contributed by atoms with van der Waals surface area (Å²) in [5, 5.41) is 17.3. The average Bonchev–Trinajstić information content (AvgIpc) is 2.03. The molecule has 0 radical (unpaired) electrons. The fourth-order valence-corrected chi connectivity index (χ4v) is 0.627. The lowest BCUT2D eigenvalue weighted by molar-refractivity contribution is -0.155. The van der Waals surface area contributed by atoms with E-state index in [4.69, 9.17) is 9.84 Å². The number of likely N-dealkylation sites (N-methyl/N-ethyl adjacent to an activating group) is 2. The predicted octanol–water partition coefficient (Wildman–Crippen LogP) is -1.74. The van der Waals surface area contributed by atoms with Crippen LogP contribution in [0.15, 0.2) is 0 Å². The third-order valence-electron chi connectivity index (χ3n) is 1.25. The molecule has 0 aliphatic heterocycles. The Kier molecular flexibility index (Phi) is 6.39. The topological polar surface area (TPSA) is 65.5 Å². The van der Waals surface area contributed by atoms with Gasteiger partial charge < -0.3 is 15.2 Å². The van der Waals surface area contributed by atoms with Gasteiger partial charge in [0.15, 0.2) is 0 Å². The SMILES string of the molecule is CNCC(NC)OC(O)NC. The van der Waals surface area contributed by atoms with Gasteiger partial charge in [-0.05, 0) is 21.1 Å². The van der Waals surface area contributed by atoms with Gasteiger partial charge in [-0.1, -0.05) is 0 Å². The van der Waals surface area contributed by atoms with E-state index in [1.54, 1.807) is 14.1 Å². The second kappa shape index (κ2) is 6.51. The van der Waals surface area contributed by atoms with E-state index in [1.807, 2.05) is 7.05 Å². The molecule has 4 N–H and O–H groups in total. The van der Waals surface area contributed by atoms with Gasteiger partial charge in [-0.15, -0.1) is 0 Å². The minimum atomic E-state index is -0.916. The van der Waals surface area contributed by atoms with Gasteiger partial charge in [0.05, 0.1) is 0 Å². The summed E-state index contributed by atoms with van der Waals surface area (Å²) in [6, 6.07) is 0. The third kappa shape index (κ3) is 5.11. The lowest BCUT2D eigenvalue weighted by atomic mass is 10.5. The first-order valence-electron chi connectivity index (χ1n) is 3.57. The summed E-state index contributed by atoms with van der Waals surface area (Å²) >= 11 is 0. The number of nitrogens with one attached hydrogen (secondary N) is 3. The predicted molar refractivity (Wildman–Crippen MR) is 42.9 cm³/mol. The van der Waals surface area contributed by atoms with Gasteiger partial charge >= 0.3 is 0 Å². The van der Waals surface area contributed by atoms with Gasteiger partial charge in [0, 0.05) is 6.54 Å². The molecular formula is C6H17N3O2. The minimum absolute atomic E-state index is 0.178. The molecule has 0 saturated heterocycles. The van der Waals surface area contributed by atoms with Crippen molar-refractivity contribution in [1.82, 2.24) is 16.0 Å². The molecule has 0 spiro atoms. The molecule has 2 unspecified atom stereocenters. The van der Waals surface area contributed by atoms with Crippen molar-refractivity contribution in [3.8, 4) is 0 Å². The van der Waals surface area contributed by atoms with Crippen LogP contribution in [0, 0.1) is 0 Å². The number of rotatable bonds is 6. The van der Waals surface area contributed by atoms with Crippen LogP contribution >= 0.6 is 0 Å². The molecule has 5 nitrogen and oxygen atoms in total. The highest BCUT2D eigenvalue weighted by atomic mass is 16.6. The Morgan fingerprint density at radius 3 is 2.27 bits per heavy atom. The molecule has 0 aromatic carbocycles. The van der Waals surface area contributed by atoms with Gasteiger partial charge in [0.1, 0.15) is 6.23 Å². The highest BCUT2D eigenvalue weighted by molar-refractivity contribution is 4.53. The highest BCUT2D eigenvalue weighted by Gasteiger charge is 2.08. The summed E-state index contributed by atoms with van der Waals surface area (Å²) in [6.45, 7) is 0.648. The van der Waals surface area contributed by atoms with Crippen LogP contribution in [0.2, 0.25) is 0 Å². The number of ether oxygens (including phenoxy) is 1. The smallest absolute Gasteiger partial charge is 0.214 e. The Balaban J connectivity index is 3.49. The minimum Gasteiger partial charge on any atom is -0.356 e. The summed E-state index contributed by atoms with van der Waals surface area (Å²) < 4.78 is 5.06. The van der Waals surface area contributed by atoms with Crippen molar-refractivity contribution in [2.75, 3.05) is 27.7 Å². The van der Waals surface area contributed by atoms with Crippen LogP contribution in [0.4, 0.5) is 0 Å². The monoisotopic (exact) mass is 163 g/mol. The van der Waals surface area contributed by atoms with Crippen molar-refractivity contribution in [2.24, 2.45) is 0 Å². The summed E-state index contributed by atoms with van der Waals surface area (Å²) in [5.74, 6) is 0. The molecule has 0 rings (SSSR count). The zero-order valence-corrected chi connectivity index (χ0v) is 7.22. The maximum atomic E-state index is 8.98. The molecule has 11 heavy (non-hydrogen) atoms. The van der Waals surface area contributed by atoms with Crippen LogP contribution in [-0.2, 0) is 4.74 Å². The molecule has 0 aromatic heterocycles. The molecule has 0 aliphatic carbocycles. The van der Waals surface area contributed by atoms with Crippen LogP contribution in [0.3, 0.4) is 0 Å². The van der Waals surface area contributed by atoms with Gasteiger partial charge in [-0.2, -0.15) is 0 Å². The molecule has 0 amide bonds. The fourth-order valence-electron chi connectivity index (χ4n) is 0.627. The fraction of sp³-hybridized carbons (Fsp3) is 1.00. The van der Waals surface area contributed by atoms with Gasteiger partial charge in [0.2, 0.25) is 6.41 Å². The van der Waals surface area contributed by atoms with E-state index in [9.17, 15) is 0 Å². The summed E-state index contributed by atoms with van der Waals surface area (Å²) in [5.41, 5.74) is 0. The number of aliphatic hydroxyl groups is 1. The van der Waals surface area contributed by atoms with Crippen molar-refractivity contribution >= 4 is 0 Å². The molecule has 0 aliphatic rings. The Morgan fingerprint density at radius 2 is 1.91 bits per heavy atom. The van der Waals surface area contributed by atoms with Crippen molar-refractivity contribution in [3.63, 3.8) is 0 Å². The average molecular weight is 163 g/mol. The summed E-state index contributed by atoms with van der Waals surface area (Å²) in [7, 11) is 5.21. The van der Waals surface area contributed by atoms with E-state index in [2.05, 4.69) is 16.0 Å². The highest BCUT2D eigenvalue weighted by Crippen LogP contribution is 1.87. The summed E-state index contributed by atoms with van der Waals surface area (Å²) in [6.07, 6.45) is -1.09. The van der Waals surface area contributed by atoms with Crippen LogP contribution < -0.4 is 16.0 Å². The lowest BCUT2D eigenvalue weighted by Crippen LogP contribution is -2.43. The lowest BCUT2D eigenvalue weighted by Gasteiger charge is -2.19. The Morgan fingerprint density at radius 1 is 1.27 bits per heavy atom. The van der Waals surface area contributed by atoms with Crippen LogP contribution in [-0.4, -0.2) is 45.4 Å². The van der Waals surface area contributed by atoms with E-state index in [0.717, 1.165) is 0 Å². The quantitative estimate of drug-likeness (QED) is 0.350. The van der Waals surface area contributed by atoms with Crippen molar-refractivity contribution in [2.45, 2.75) is 12.6 Å². The van der Waals surface area contributed by atoms with Crippen molar-refractivity contribution in [1.29, 1.82) is 0 Å².